The maximum absolute atomic E-state index is 11.4. The monoisotopic (exact) mass is 183 g/mol. The van der Waals surface area contributed by atoms with Crippen LogP contribution in [0.25, 0.3) is 0 Å². The lowest BCUT2D eigenvalue weighted by molar-refractivity contribution is -0.138. The molecule has 0 unspecified atom stereocenters. The number of piperidine rings is 1. The zero-order chi connectivity index (χ0) is 10.3. The van der Waals surface area contributed by atoms with E-state index in [9.17, 15) is 4.79 Å². The van der Waals surface area contributed by atoms with Gasteiger partial charge >= 0.3 is 0 Å². The fraction of sp³-hybridized carbons (Fsp3) is 0.909. The third-order valence-electron chi connectivity index (χ3n) is 3.03. The fourth-order valence-corrected chi connectivity index (χ4v) is 2.66. The number of carbonyl (C=O) groups excluding carboxylic acids is 1. The normalized spacial score (nSPS) is 25.8. The molecule has 1 aliphatic rings. The largest absolute Gasteiger partial charge is 0.338 e. The van der Waals surface area contributed by atoms with E-state index in [0.717, 1.165) is 19.4 Å². The first-order valence-electron chi connectivity index (χ1n) is 5.03. The summed E-state index contributed by atoms with van der Waals surface area (Å²) >= 11 is 0. The Morgan fingerprint density at radius 2 is 1.77 bits per heavy atom. The fourth-order valence-electron chi connectivity index (χ4n) is 2.66. The van der Waals surface area contributed by atoms with E-state index in [1.165, 1.54) is 0 Å². The number of carbonyl (C=O) groups is 1. The lowest BCUT2D eigenvalue weighted by Gasteiger charge is -2.48. The van der Waals surface area contributed by atoms with Crippen molar-refractivity contribution in [2.75, 3.05) is 6.54 Å². The standard InChI is InChI=1S/C11H21NO/c1-9(13)12-7-6-10(2,3)8-11(12,4)5/h6-8H2,1-5H3. The molecule has 0 saturated carbocycles. The molecule has 13 heavy (non-hydrogen) atoms. The summed E-state index contributed by atoms with van der Waals surface area (Å²) in [6.45, 7) is 11.5. The maximum atomic E-state index is 11.4. The zero-order valence-electron chi connectivity index (χ0n) is 9.48. The summed E-state index contributed by atoms with van der Waals surface area (Å²) in [5.74, 6) is 0.209. The molecule has 1 fully saturated rings. The van der Waals surface area contributed by atoms with Gasteiger partial charge in [0.25, 0.3) is 0 Å². The summed E-state index contributed by atoms with van der Waals surface area (Å²) in [4.78, 5) is 13.3. The third kappa shape index (κ3) is 2.23. The van der Waals surface area contributed by atoms with Gasteiger partial charge in [-0.25, -0.2) is 0 Å². The molecule has 1 rings (SSSR count). The second kappa shape index (κ2) is 3.00. The Balaban J connectivity index is 2.79. The summed E-state index contributed by atoms with van der Waals surface area (Å²) in [7, 11) is 0. The van der Waals surface area contributed by atoms with Gasteiger partial charge in [0.1, 0.15) is 0 Å². The van der Waals surface area contributed by atoms with E-state index in [1.54, 1.807) is 6.92 Å². The van der Waals surface area contributed by atoms with Gasteiger partial charge in [0.2, 0.25) is 5.91 Å². The molecule has 0 aliphatic carbocycles. The number of hydrogen-bond acceptors (Lipinski definition) is 1. The van der Waals surface area contributed by atoms with E-state index >= 15 is 0 Å². The highest BCUT2D eigenvalue weighted by molar-refractivity contribution is 5.74. The molecule has 2 heteroatoms. The molecule has 0 bridgehead atoms. The smallest absolute Gasteiger partial charge is 0.219 e. The quantitative estimate of drug-likeness (QED) is 0.565. The van der Waals surface area contributed by atoms with Crippen LogP contribution >= 0.6 is 0 Å². The molecule has 1 amide bonds. The minimum absolute atomic E-state index is 0.0353. The lowest BCUT2D eigenvalue weighted by atomic mass is 9.73. The van der Waals surface area contributed by atoms with Crippen LogP contribution in [0.15, 0.2) is 0 Å². The SMILES string of the molecule is CC(=O)N1CCC(C)(C)CC1(C)C. The van der Waals surface area contributed by atoms with Crippen molar-refractivity contribution in [2.24, 2.45) is 5.41 Å². The van der Waals surface area contributed by atoms with E-state index in [4.69, 9.17) is 0 Å². The van der Waals surface area contributed by atoms with Crippen molar-refractivity contribution >= 4 is 5.91 Å². The lowest BCUT2D eigenvalue weighted by Crippen LogP contribution is -2.54. The first-order valence-corrected chi connectivity index (χ1v) is 5.03. The van der Waals surface area contributed by atoms with Crippen molar-refractivity contribution in [2.45, 2.75) is 53.0 Å². The van der Waals surface area contributed by atoms with Crippen molar-refractivity contribution in [3.05, 3.63) is 0 Å². The Hall–Kier alpha value is -0.530. The second-order valence-electron chi connectivity index (χ2n) is 5.57. The summed E-state index contributed by atoms with van der Waals surface area (Å²) in [6, 6.07) is 0. The van der Waals surface area contributed by atoms with Crippen LogP contribution in [-0.2, 0) is 4.79 Å². The molecule has 1 aliphatic heterocycles. The van der Waals surface area contributed by atoms with E-state index in [1.807, 2.05) is 4.90 Å². The summed E-state index contributed by atoms with van der Waals surface area (Å²) in [6.07, 6.45) is 2.22. The van der Waals surface area contributed by atoms with Gasteiger partial charge in [-0.2, -0.15) is 0 Å². The van der Waals surface area contributed by atoms with Crippen molar-refractivity contribution in [1.82, 2.24) is 4.90 Å². The Morgan fingerprint density at radius 3 is 2.15 bits per heavy atom. The van der Waals surface area contributed by atoms with Crippen molar-refractivity contribution < 1.29 is 4.79 Å². The number of amides is 1. The average Bonchev–Trinajstić information content (AvgIpc) is 1.79. The molecule has 76 valence electrons. The van der Waals surface area contributed by atoms with Crippen LogP contribution in [0.1, 0.15) is 47.5 Å². The molecule has 0 N–H and O–H groups in total. The molecular weight excluding hydrogens is 162 g/mol. The molecule has 2 nitrogen and oxygen atoms in total. The van der Waals surface area contributed by atoms with Crippen LogP contribution in [0, 0.1) is 5.41 Å². The van der Waals surface area contributed by atoms with Gasteiger partial charge in [-0.15, -0.1) is 0 Å². The minimum Gasteiger partial charge on any atom is -0.338 e. The molecule has 0 aromatic carbocycles. The average molecular weight is 183 g/mol. The number of nitrogens with zero attached hydrogens (tertiary/aromatic N) is 1. The molecule has 1 heterocycles. The molecule has 0 radical (unpaired) electrons. The third-order valence-corrected chi connectivity index (χ3v) is 3.03. The molecule has 0 atom stereocenters. The van der Waals surface area contributed by atoms with Gasteiger partial charge in [0, 0.05) is 19.0 Å². The van der Waals surface area contributed by atoms with Crippen LogP contribution in [-0.4, -0.2) is 22.9 Å². The van der Waals surface area contributed by atoms with Gasteiger partial charge in [-0.1, -0.05) is 13.8 Å². The first-order chi connectivity index (χ1) is 5.75. The number of hydrogen-bond donors (Lipinski definition) is 0. The Morgan fingerprint density at radius 1 is 1.23 bits per heavy atom. The van der Waals surface area contributed by atoms with Crippen molar-refractivity contribution in [3.63, 3.8) is 0 Å². The van der Waals surface area contributed by atoms with E-state index in [-0.39, 0.29) is 11.4 Å². The van der Waals surface area contributed by atoms with E-state index in [0.29, 0.717) is 5.41 Å². The van der Waals surface area contributed by atoms with Crippen LogP contribution in [0.5, 0.6) is 0 Å². The highest BCUT2D eigenvalue weighted by Crippen LogP contribution is 2.39. The predicted octanol–water partition coefficient (Wildman–Crippen LogP) is 2.43. The highest BCUT2D eigenvalue weighted by Gasteiger charge is 2.39. The van der Waals surface area contributed by atoms with Crippen LogP contribution in [0.4, 0.5) is 0 Å². The van der Waals surface area contributed by atoms with Gasteiger partial charge < -0.3 is 4.90 Å². The van der Waals surface area contributed by atoms with Gasteiger partial charge in [-0.05, 0) is 32.1 Å². The topological polar surface area (TPSA) is 20.3 Å². The van der Waals surface area contributed by atoms with Gasteiger partial charge in [0.05, 0.1) is 0 Å². The Bertz CT molecular complexity index is 218. The number of rotatable bonds is 0. The summed E-state index contributed by atoms with van der Waals surface area (Å²) < 4.78 is 0. The van der Waals surface area contributed by atoms with Crippen molar-refractivity contribution in [3.8, 4) is 0 Å². The van der Waals surface area contributed by atoms with Crippen LogP contribution in [0.3, 0.4) is 0 Å². The molecule has 1 saturated heterocycles. The van der Waals surface area contributed by atoms with E-state index < -0.39 is 0 Å². The molecular formula is C11H21NO. The van der Waals surface area contributed by atoms with E-state index in [2.05, 4.69) is 27.7 Å². The van der Waals surface area contributed by atoms with Crippen LogP contribution < -0.4 is 0 Å². The number of likely N-dealkylation sites (tertiary alicyclic amines) is 1. The Kier molecular flexibility index (Phi) is 2.44. The van der Waals surface area contributed by atoms with Crippen LogP contribution in [0.2, 0.25) is 0 Å². The van der Waals surface area contributed by atoms with Crippen molar-refractivity contribution in [1.29, 1.82) is 0 Å². The van der Waals surface area contributed by atoms with Gasteiger partial charge in [-0.3, -0.25) is 4.79 Å². The zero-order valence-corrected chi connectivity index (χ0v) is 9.48. The summed E-state index contributed by atoms with van der Waals surface area (Å²) in [5.41, 5.74) is 0.420. The Labute approximate surface area is 81.3 Å². The molecule has 0 aromatic heterocycles. The highest BCUT2D eigenvalue weighted by atomic mass is 16.2. The molecule has 0 aromatic rings. The maximum Gasteiger partial charge on any atom is 0.219 e. The first kappa shape index (κ1) is 10.6. The van der Waals surface area contributed by atoms with Gasteiger partial charge in [0.15, 0.2) is 0 Å². The minimum atomic E-state index is 0.0353. The predicted molar refractivity (Wildman–Crippen MR) is 54.5 cm³/mol. The molecule has 0 spiro atoms. The second-order valence-corrected chi connectivity index (χ2v) is 5.57. The summed E-state index contributed by atoms with van der Waals surface area (Å²) in [5, 5.41) is 0.